The number of rotatable bonds is 15. The molecule has 0 spiro atoms. The van der Waals surface area contributed by atoms with E-state index in [4.69, 9.17) is 56.8 Å². The highest BCUT2D eigenvalue weighted by Crippen LogP contribution is 2.76. The van der Waals surface area contributed by atoms with Crippen molar-refractivity contribution in [3.05, 3.63) is 11.6 Å². The summed E-state index contributed by atoms with van der Waals surface area (Å²) in [6.07, 6.45) is -36.1. The average molecular weight is 1340 g/mol. The number of ether oxygens (including phenoxy) is 12. The maximum atomic E-state index is 15.2. The summed E-state index contributed by atoms with van der Waals surface area (Å²) in [5.41, 5.74) is -2.16. The molecule has 0 unspecified atom stereocenters. The normalized spacial score (nSPS) is 54.9. The first-order valence-electron chi connectivity index (χ1n) is 33.1. The smallest absolute Gasteiger partial charge is 0.315 e. The number of esters is 1. The molecule has 0 aromatic heterocycles. The summed E-state index contributed by atoms with van der Waals surface area (Å²) in [5.74, 6) is -0.972. The highest BCUT2D eigenvalue weighted by atomic mass is 16.8. The van der Waals surface area contributed by atoms with Gasteiger partial charge in [-0.3, -0.25) is 4.79 Å². The molecule has 6 heterocycles. The fourth-order valence-corrected chi connectivity index (χ4v) is 18.5. The van der Waals surface area contributed by atoms with E-state index in [0.717, 1.165) is 6.42 Å². The van der Waals surface area contributed by atoms with Gasteiger partial charge in [-0.1, -0.05) is 53.2 Å². The zero-order valence-corrected chi connectivity index (χ0v) is 53.7. The van der Waals surface area contributed by atoms with Crippen LogP contribution >= 0.6 is 0 Å². The molecule has 0 bridgehead atoms. The molecule has 6 aliphatic heterocycles. The molecule has 30 nitrogen and oxygen atoms in total. The molecule has 6 saturated heterocycles. The first-order valence-corrected chi connectivity index (χ1v) is 33.1. The Morgan fingerprint density at radius 1 is 0.527 bits per heavy atom. The number of carbonyl (C=O) groups excluding carboxylic acids is 1. The van der Waals surface area contributed by atoms with Crippen LogP contribution in [0.15, 0.2) is 11.6 Å². The third kappa shape index (κ3) is 12.5. The molecule has 0 amide bonds. The molecule has 0 radical (unpaired) electrons. The van der Waals surface area contributed by atoms with Gasteiger partial charge in [-0.25, -0.2) is 0 Å². The van der Waals surface area contributed by atoms with Gasteiger partial charge in [-0.05, 0) is 111 Å². The Bertz CT molecular complexity index is 2610. The number of hydrogen-bond donors (Lipinski definition) is 17. The second-order valence-electron chi connectivity index (χ2n) is 30.4. The molecule has 11 rings (SSSR count). The molecule has 36 atom stereocenters. The lowest BCUT2D eigenvalue weighted by atomic mass is 9.33. The van der Waals surface area contributed by atoms with Crippen LogP contribution in [-0.4, -0.2) is 304 Å². The maximum absolute atomic E-state index is 15.2. The van der Waals surface area contributed by atoms with Crippen LogP contribution in [0.3, 0.4) is 0 Å². The molecule has 30 heteroatoms. The van der Waals surface area contributed by atoms with Crippen molar-refractivity contribution in [1.29, 1.82) is 0 Å². The van der Waals surface area contributed by atoms with E-state index in [1.54, 1.807) is 0 Å². The third-order valence-electron chi connectivity index (χ3n) is 24.6. The molecule has 4 saturated carbocycles. The van der Waals surface area contributed by atoms with Gasteiger partial charge >= 0.3 is 5.97 Å². The van der Waals surface area contributed by atoms with Crippen molar-refractivity contribution in [3.8, 4) is 0 Å². The van der Waals surface area contributed by atoms with Crippen LogP contribution in [0.5, 0.6) is 0 Å². The summed E-state index contributed by atoms with van der Waals surface area (Å²) in [6.45, 7) is 11.9. The summed E-state index contributed by atoms with van der Waals surface area (Å²) >= 11 is 0. The number of allylic oxidation sites excluding steroid dienone is 2. The maximum Gasteiger partial charge on any atom is 0.315 e. The van der Waals surface area contributed by atoms with Gasteiger partial charge in [0.25, 0.3) is 0 Å². The van der Waals surface area contributed by atoms with Gasteiger partial charge in [0.1, 0.15) is 122 Å². The van der Waals surface area contributed by atoms with Gasteiger partial charge < -0.3 is 144 Å². The summed E-state index contributed by atoms with van der Waals surface area (Å²) < 4.78 is 70.9. The molecule has 534 valence electrons. The Balaban J connectivity index is 0.769. The van der Waals surface area contributed by atoms with E-state index in [0.29, 0.717) is 57.8 Å². The minimum Gasteiger partial charge on any atom is -0.432 e. The van der Waals surface area contributed by atoms with Crippen molar-refractivity contribution in [2.24, 2.45) is 50.2 Å². The minimum absolute atomic E-state index is 0.0757. The molecule has 93 heavy (non-hydrogen) atoms. The van der Waals surface area contributed by atoms with Crippen LogP contribution < -0.4 is 0 Å². The molecule has 0 aromatic carbocycles. The molecule has 5 aliphatic carbocycles. The van der Waals surface area contributed by atoms with E-state index in [1.807, 2.05) is 6.92 Å². The van der Waals surface area contributed by atoms with Crippen molar-refractivity contribution in [2.45, 2.75) is 285 Å². The van der Waals surface area contributed by atoms with Crippen molar-refractivity contribution < 1.29 is 148 Å². The predicted octanol–water partition coefficient (Wildman–Crippen LogP) is -4.47. The van der Waals surface area contributed by atoms with Crippen molar-refractivity contribution >= 4 is 5.97 Å². The average Bonchev–Trinajstić information content (AvgIpc) is 0.676. The topological polar surface area (TPSA) is 472 Å². The molecular formula is C63H102O30. The summed E-state index contributed by atoms with van der Waals surface area (Å²) in [6, 6.07) is 0. The summed E-state index contributed by atoms with van der Waals surface area (Å²) in [5, 5.41) is 184. The van der Waals surface area contributed by atoms with Crippen LogP contribution in [-0.2, 0) is 61.6 Å². The van der Waals surface area contributed by atoms with Crippen LogP contribution in [0.4, 0.5) is 0 Å². The van der Waals surface area contributed by atoms with Gasteiger partial charge in [0.15, 0.2) is 31.5 Å². The minimum atomic E-state index is -1.88. The highest BCUT2D eigenvalue weighted by molar-refractivity contribution is 5.79. The Morgan fingerprint density at radius 2 is 1.12 bits per heavy atom. The monoisotopic (exact) mass is 1340 g/mol. The summed E-state index contributed by atoms with van der Waals surface area (Å²) in [4.78, 5) is 15.2. The van der Waals surface area contributed by atoms with E-state index >= 15 is 4.79 Å². The quantitative estimate of drug-likeness (QED) is 0.0418. The Hall–Kier alpha value is -1.91. The van der Waals surface area contributed by atoms with E-state index < -0.39 is 214 Å². The van der Waals surface area contributed by atoms with Gasteiger partial charge in [0.05, 0.1) is 57.3 Å². The predicted molar refractivity (Wildman–Crippen MR) is 310 cm³/mol. The van der Waals surface area contributed by atoms with Crippen LogP contribution in [0.25, 0.3) is 0 Å². The number of fused-ring (bicyclic) bond motifs is 7. The largest absolute Gasteiger partial charge is 0.432 e. The van der Waals surface area contributed by atoms with Crippen LogP contribution in [0.1, 0.15) is 113 Å². The molecular weight excluding hydrogens is 1240 g/mol. The zero-order valence-electron chi connectivity index (χ0n) is 53.7. The Labute approximate surface area is 539 Å². The van der Waals surface area contributed by atoms with Gasteiger partial charge in [-0.2, -0.15) is 0 Å². The first-order chi connectivity index (χ1) is 43.7. The third-order valence-corrected chi connectivity index (χ3v) is 24.6. The van der Waals surface area contributed by atoms with Crippen molar-refractivity contribution in [1.82, 2.24) is 0 Å². The zero-order chi connectivity index (χ0) is 67.6. The van der Waals surface area contributed by atoms with E-state index in [-0.39, 0.29) is 53.8 Å². The van der Waals surface area contributed by atoms with Gasteiger partial charge in [0.2, 0.25) is 6.29 Å². The number of aliphatic hydroxyl groups is 17. The molecule has 11 aliphatic rings. The van der Waals surface area contributed by atoms with Crippen LogP contribution in [0, 0.1) is 50.2 Å². The lowest BCUT2D eigenvalue weighted by molar-refractivity contribution is -0.382. The SMILES string of the molecule is C[C@@H]1O[C@@H](O[C@H]2[C@H](O[C@H]3CC[C@@]4(C)[C@@H](CC[C@]5(C)[C@@H]4CC=C4[C@@H]6CC(C)(C)CC[C@]6(C(=O)O[C@@H]6O[C@H](CO[C@@H]7O[C@H](CO)[C@@H](O)[C@H](O)[C@H]7O)[C@@H](O)[C@H](O)[C@H]6O)CC[C@]45C)[C@]3(C)CO)OC[C@H](O)[C@@H]2O)[C@H](O)[C@H](O[C@@H]2OC[C@@H](O[C@@H]3OC[C@@H](O)[C@H](O)[C@H]3O)[C@H](O)[C@H]2O)[C@H]1O. The second-order valence-corrected chi connectivity index (χ2v) is 30.4. The Kier molecular flexibility index (Phi) is 21.2. The fraction of sp³-hybridized carbons (Fsp3) is 0.952. The molecule has 0 aromatic rings. The van der Waals surface area contributed by atoms with E-state index in [9.17, 15) is 86.8 Å². The first kappa shape index (κ1) is 72.3. The lowest BCUT2D eigenvalue weighted by Gasteiger charge is -2.71. The number of carbonyl (C=O) groups is 1. The summed E-state index contributed by atoms with van der Waals surface area (Å²) in [7, 11) is 0. The van der Waals surface area contributed by atoms with Crippen LogP contribution in [0.2, 0.25) is 0 Å². The second kappa shape index (κ2) is 27.2. The fourth-order valence-electron chi connectivity index (χ4n) is 18.5. The molecule has 17 N–H and O–H groups in total. The van der Waals surface area contributed by atoms with Crippen molar-refractivity contribution in [2.75, 3.05) is 39.6 Å². The van der Waals surface area contributed by atoms with Crippen molar-refractivity contribution in [3.63, 3.8) is 0 Å². The molecule has 10 fully saturated rings. The highest BCUT2D eigenvalue weighted by Gasteiger charge is 2.71. The standard InChI is InChI=1S/C63H102O30/c1-25-36(68)49(91-53-45(77)41(73)32(23-85-53)88-51-44(76)37(69)28(66)20-82-51)48(80)55(86-25)92-50-38(70)29(67)21-83-56(50)90-35-11-12-59(4)33(60(35,5)24-65)10-13-62(7)34(59)9-8-26-27-18-58(2,3)14-16-63(27,17-15-61(26,62)6)57(81)93-54-47(79)43(75)40(72)31(89-54)22-84-52-46(78)42(74)39(71)30(19-64)87-52/h8,25,27-56,64-80H,9-24H2,1-7H3/t25-,27-,28+,29-,30+,31+,32+,33+,34+,35-,36-,37-,38-,39+,40+,41-,42-,43-,44+,45+,46+,47+,48+,49+,50+,51-,52+,53-,54-,55-,56-,59-,60-,61+,62+,63-/m0/s1. The Morgan fingerprint density at radius 3 is 1.81 bits per heavy atom. The number of hydrogen-bond acceptors (Lipinski definition) is 30. The van der Waals surface area contributed by atoms with Gasteiger partial charge in [-0.15, -0.1) is 0 Å². The number of aliphatic hydroxyl groups excluding tert-OH is 17. The van der Waals surface area contributed by atoms with E-state index in [2.05, 4.69) is 40.7 Å². The van der Waals surface area contributed by atoms with Gasteiger partial charge in [0, 0.05) is 5.41 Å². The lowest BCUT2D eigenvalue weighted by Crippen LogP contribution is -2.67. The van der Waals surface area contributed by atoms with E-state index in [1.165, 1.54) is 12.5 Å².